The number of aromatic amines is 1. The van der Waals surface area contributed by atoms with Gasteiger partial charge in [-0.05, 0) is 19.9 Å². The summed E-state index contributed by atoms with van der Waals surface area (Å²) in [6, 6.07) is 9.17. The van der Waals surface area contributed by atoms with Crippen molar-refractivity contribution in [1.29, 1.82) is 0 Å². The molecule has 100 valence electrons. The van der Waals surface area contributed by atoms with E-state index in [0.717, 1.165) is 16.5 Å². The van der Waals surface area contributed by atoms with Gasteiger partial charge in [0.15, 0.2) is 5.82 Å². The van der Waals surface area contributed by atoms with E-state index in [9.17, 15) is 4.79 Å². The molecule has 0 amide bonds. The molecule has 3 rings (SSSR count). The van der Waals surface area contributed by atoms with Crippen LogP contribution in [0.5, 0.6) is 0 Å². The van der Waals surface area contributed by atoms with Gasteiger partial charge in [0.1, 0.15) is 11.6 Å². The molecule has 20 heavy (non-hydrogen) atoms. The van der Waals surface area contributed by atoms with Crippen LogP contribution < -0.4 is 10.9 Å². The summed E-state index contributed by atoms with van der Waals surface area (Å²) in [6.45, 7) is 3.69. The number of fused-ring (bicyclic) bond motifs is 1. The third kappa shape index (κ3) is 2.23. The Kier molecular flexibility index (Phi) is 2.90. The SMILES string of the molecule is Cc1nc(Nc2nnc3ccccc3c2C)cc(=O)[nH]1. The molecule has 2 heterocycles. The van der Waals surface area contributed by atoms with E-state index in [-0.39, 0.29) is 5.56 Å². The first-order chi connectivity index (χ1) is 9.63. The molecule has 6 nitrogen and oxygen atoms in total. The minimum absolute atomic E-state index is 0.202. The lowest BCUT2D eigenvalue weighted by Crippen LogP contribution is -2.11. The zero-order chi connectivity index (χ0) is 14.1. The third-order valence-electron chi connectivity index (χ3n) is 3.03. The van der Waals surface area contributed by atoms with Crippen LogP contribution in [0, 0.1) is 13.8 Å². The minimum Gasteiger partial charge on any atom is -0.323 e. The molecule has 3 aromatic rings. The normalized spacial score (nSPS) is 10.7. The highest BCUT2D eigenvalue weighted by atomic mass is 16.1. The summed E-state index contributed by atoms with van der Waals surface area (Å²) in [4.78, 5) is 18.2. The number of anilines is 2. The number of aryl methyl sites for hydroxylation is 2. The molecule has 0 aliphatic rings. The van der Waals surface area contributed by atoms with Crippen LogP contribution in [0.2, 0.25) is 0 Å². The summed E-state index contributed by atoms with van der Waals surface area (Å²) in [7, 11) is 0. The van der Waals surface area contributed by atoms with E-state index < -0.39 is 0 Å². The molecule has 0 atom stereocenters. The topological polar surface area (TPSA) is 83.6 Å². The number of nitrogens with zero attached hydrogens (tertiary/aromatic N) is 3. The first-order valence-corrected chi connectivity index (χ1v) is 6.20. The predicted octanol–water partition coefficient (Wildman–Crippen LogP) is 2.07. The van der Waals surface area contributed by atoms with E-state index in [1.807, 2.05) is 31.2 Å². The Balaban J connectivity index is 2.06. The number of hydrogen-bond donors (Lipinski definition) is 2. The molecule has 0 saturated carbocycles. The fourth-order valence-corrected chi connectivity index (χ4v) is 2.07. The molecular formula is C14H13N5O. The number of benzene rings is 1. The summed E-state index contributed by atoms with van der Waals surface area (Å²) < 4.78 is 0. The number of nitrogens with one attached hydrogen (secondary N) is 2. The quantitative estimate of drug-likeness (QED) is 0.742. The summed E-state index contributed by atoms with van der Waals surface area (Å²) in [5, 5.41) is 12.4. The molecule has 0 aliphatic carbocycles. The molecule has 0 radical (unpaired) electrons. The Bertz CT molecular complexity index is 840. The largest absolute Gasteiger partial charge is 0.323 e. The van der Waals surface area contributed by atoms with Crippen molar-refractivity contribution in [2.45, 2.75) is 13.8 Å². The fraction of sp³-hybridized carbons (Fsp3) is 0.143. The van der Waals surface area contributed by atoms with Crippen LogP contribution in [0.1, 0.15) is 11.4 Å². The minimum atomic E-state index is -0.202. The summed E-state index contributed by atoms with van der Waals surface area (Å²) in [5.74, 6) is 1.60. The molecular weight excluding hydrogens is 254 g/mol. The van der Waals surface area contributed by atoms with Gasteiger partial charge in [-0.2, -0.15) is 0 Å². The molecule has 0 aliphatic heterocycles. The first kappa shape index (κ1) is 12.3. The van der Waals surface area contributed by atoms with Crippen molar-refractivity contribution < 1.29 is 0 Å². The van der Waals surface area contributed by atoms with E-state index in [1.165, 1.54) is 6.07 Å². The maximum atomic E-state index is 11.4. The van der Waals surface area contributed by atoms with Gasteiger partial charge in [-0.15, -0.1) is 10.2 Å². The molecule has 2 aromatic heterocycles. The van der Waals surface area contributed by atoms with Crippen molar-refractivity contribution in [2.24, 2.45) is 0 Å². The molecule has 0 saturated heterocycles. The van der Waals surface area contributed by atoms with Gasteiger partial charge in [0.2, 0.25) is 0 Å². The van der Waals surface area contributed by atoms with Gasteiger partial charge in [0, 0.05) is 17.0 Å². The average Bonchev–Trinajstić information content (AvgIpc) is 2.41. The highest BCUT2D eigenvalue weighted by Crippen LogP contribution is 2.22. The molecule has 0 fully saturated rings. The molecule has 0 spiro atoms. The molecule has 6 heteroatoms. The van der Waals surface area contributed by atoms with Crippen LogP contribution in [0.15, 0.2) is 35.1 Å². The zero-order valence-electron chi connectivity index (χ0n) is 11.1. The molecule has 0 unspecified atom stereocenters. The lowest BCUT2D eigenvalue weighted by molar-refractivity contribution is 1.01. The monoisotopic (exact) mass is 267 g/mol. The van der Waals surface area contributed by atoms with Crippen LogP contribution in [0.4, 0.5) is 11.6 Å². The maximum Gasteiger partial charge on any atom is 0.252 e. The first-order valence-electron chi connectivity index (χ1n) is 6.20. The van der Waals surface area contributed by atoms with Crippen molar-refractivity contribution in [1.82, 2.24) is 20.2 Å². The second-order valence-corrected chi connectivity index (χ2v) is 4.53. The van der Waals surface area contributed by atoms with Gasteiger partial charge >= 0.3 is 0 Å². The van der Waals surface area contributed by atoms with Crippen molar-refractivity contribution in [2.75, 3.05) is 5.32 Å². The van der Waals surface area contributed by atoms with Gasteiger partial charge in [-0.3, -0.25) is 4.79 Å². The van der Waals surface area contributed by atoms with Gasteiger partial charge in [-0.25, -0.2) is 4.98 Å². The molecule has 0 bridgehead atoms. The Morgan fingerprint density at radius 3 is 2.75 bits per heavy atom. The molecule has 2 N–H and O–H groups in total. The number of hydrogen-bond acceptors (Lipinski definition) is 5. The number of rotatable bonds is 2. The highest BCUT2D eigenvalue weighted by Gasteiger charge is 2.07. The Morgan fingerprint density at radius 2 is 1.95 bits per heavy atom. The second-order valence-electron chi connectivity index (χ2n) is 4.53. The predicted molar refractivity (Wildman–Crippen MR) is 77.2 cm³/mol. The fourth-order valence-electron chi connectivity index (χ4n) is 2.07. The highest BCUT2D eigenvalue weighted by molar-refractivity contribution is 5.85. The Labute approximate surface area is 114 Å². The van der Waals surface area contributed by atoms with Crippen LogP contribution >= 0.6 is 0 Å². The van der Waals surface area contributed by atoms with Crippen molar-refractivity contribution in [3.63, 3.8) is 0 Å². The van der Waals surface area contributed by atoms with E-state index in [2.05, 4.69) is 25.5 Å². The van der Waals surface area contributed by atoms with E-state index in [1.54, 1.807) is 6.92 Å². The van der Waals surface area contributed by atoms with Gasteiger partial charge in [0.05, 0.1) is 5.52 Å². The Morgan fingerprint density at radius 1 is 1.15 bits per heavy atom. The summed E-state index contributed by atoms with van der Waals surface area (Å²) >= 11 is 0. The van der Waals surface area contributed by atoms with Crippen molar-refractivity contribution in [3.8, 4) is 0 Å². The van der Waals surface area contributed by atoms with Gasteiger partial charge < -0.3 is 10.3 Å². The second kappa shape index (κ2) is 4.73. The average molecular weight is 267 g/mol. The van der Waals surface area contributed by atoms with Gasteiger partial charge in [-0.1, -0.05) is 18.2 Å². The smallest absolute Gasteiger partial charge is 0.252 e. The van der Waals surface area contributed by atoms with Crippen LogP contribution in [-0.2, 0) is 0 Å². The Hall–Kier alpha value is -2.76. The lowest BCUT2D eigenvalue weighted by Gasteiger charge is -2.09. The van der Waals surface area contributed by atoms with Crippen LogP contribution in [0.25, 0.3) is 10.9 Å². The standard InChI is InChI=1S/C14H13N5O/c1-8-10-5-3-4-6-11(10)18-19-14(8)17-12-7-13(20)16-9(2)15-12/h3-7H,1-2H3,(H2,15,16,17,19,20). The van der Waals surface area contributed by atoms with Crippen molar-refractivity contribution in [3.05, 3.63) is 52.1 Å². The maximum absolute atomic E-state index is 11.4. The van der Waals surface area contributed by atoms with E-state index >= 15 is 0 Å². The number of aromatic nitrogens is 4. The number of H-pyrrole nitrogens is 1. The van der Waals surface area contributed by atoms with Crippen molar-refractivity contribution >= 4 is 22.5 Å². The van der Waals surface area contributed by atoms with Gasteiger partial charge in [0.25, 0.3) is 5.56 Å². The lowest BCUT2D eigenvalue weighted by atomic mass is 10.1. The van der Waals surface area contributed by atoms with E-state index in [0.29, 0.717) is 17.5 Å². The third-order valence-corrected chi connectivity index (χ3v) is 3.03. The van der Waals surface area contributed by atoms with Crippen LogP contribution in [0.3, 0.4) is 0 Å². The molecule has 1 aromatic carbocycles. The van der Waals surface area contributed by atoms with Crippen LogP contribution in [-0.4, -0.2) is 20.2 Å². The summed E-state index contributed by atoms with van der Waals surface area (Å²) in [6.07, 6.45) is 0. The van der Waals surface area contributed by atoms with E-state index in [4.69, 9.17) is 0 Å². The summed E-state index contributed by atoms with van der Waals surface area (Å²) in [5.41, 5.74) is 1.60. The zero-order valence-corrected chi connectivity index (χ0v) is 11.1.